The van der Waals surface area contributed by atoms with Crippen LogP contribution in [0.25, 0.3) is 11.1 Å². The maximum Gasteiger partial charge on any atom is 0.295 e. The first-order valence-electron chi connectivity index (χ1n) is 8.59. The number of hydrogen-bond donors (Lipinski definition) is 2. The molecular weight excluding hydrogens is 388 g/mol. The van der Waals surface area contributed by atoms with E-state index in [4.69, 9.17) is 0 Å². The number of benzene rings is 2. The molecule has 0 bridgehead atoms. The fourth-order valence-corrected chi connectivity index (χ4v) is 4.33. The molecule has 0 fully saturated rings. The normalized spacial score (nSPS) is 13.7. The summed E-state index contributed by atoms with van der Waals surface area (Å²) in [6, 6.07) is 8.96. The van der Waals surface area contributed by atoms with Crippen LogP contribution >= 0.6 is 0 Å². The summed E-state index contributed by atoms with van der Waals surface area (Å²) in [4.78, 5) is -0.780. The van der Waals surface area contributed by atoms with Crippen molar-refractivity contribution in [1.29, 1.82) is 0 Å². The second-order valence-electron chi connectivity index (χ2n) is 6.93. The minimum absolute atomic E-state index is 0.00775. The van der Waals surface area contributed by atoms with Gasteiger partial charge in [0.2, 0.25) is 0 Å². The summed E-state index contributed by atoms with van der Waals surface area (Å²) < 4.78 is 67.2. The summed E-state index contributed by atoms with van der Waals surface area (Å²) in [5.74, 6) is 0.0669. The Kier molecular flexibility index (Phi) is 6.16. The standard InChI is InChI=1S/C19H24O6S2/c1-5-13(4)15-7-9-17(19(11-15)27(23,24)25)16-8-6-14(12(2)3)10-18(16)26(20,21)22/h6-13H,5H2,1-4H3,(H,20,21,22)(H,23,24,25). The van der Waals surface area contributed by atoms with Gasteiger partial charge in [-0.3, -0.25) is 9.11 Å². The van der Waals surface area contributed by atoms with Crippen LogP contribution in [0, 0.1) is 0 Å². The molecule has 2 rings (SSSR count). The van der Waals surface area contributed by atoms with Gasteiger partial charge in [-0.15, -0.1) is 0 Å². The average Bonchev–Trinajstić information content (AvgIpc) is 2.58. The second kappa shape index (κ2) is 7.71. The summed E-state index contributed by atoms with van der Waals surface area (Å²) in [5, 5.41) is 0. The van der Waals surface area contributed by atoms with Gasteiger partial charge in [-0.05, 0) is 41.5 Å². The summed E-state index contributed by atoms with van der Waals surface area (Å²) in [7, 11) is -9.22. The Morgan fingerprint density at radius 1 is 0.778 bits per heavy atom. The van der Waals surface area contributed by atoms with Crippen LogP contribution in [0.2, 0.25) is 0 Å². The maximum absolute atomic E-state index is 12.0. The van der Waals surface area contributed by atoms with Crippen LogP contribution in [0.15, 0.2) is 46.2 Å². The highest BCUT2D eigenvalue weighted by Crippen LogP contribution is 2.36. The van der Waals surface area contributed by atoms with Crippen LogP contribution in [-0.2, 0) is 20.2 Å². The van der Waals surface area contributed by atoms with Gasteiger partial charge in [-0.2, -0.15) is 16.8 Å². The van der Waals surface area contributed by atoms with E-state index in [2.05, 4.69) is 0 Å². The Morgan fingerprint density at radius 2 is 1.19 bits per heavy atom. The topological polar surface area (TPSA) is 109 Å². The largest absolute Gasteiger partial charge is 0.295 e. The highest BCUT2D eigenvalue weighted by Gasteiger charge is 2.24. The van der Waals surface area contributed by atoms with E-state index in [-0.39, 0.29) is 27.9 Å². The molecule has 0 aliphatic carbocycles. The molecule has 27 heavy (non-hydrogen) atoms. The van der Waals surface area contributed by atoms with Crippen molar-refractivity contribution in [2.24, 2.45) is 0 Å². The monoisotopic (exact) mass is 412 g/mol. The minimum atomic E-state index is -4.61. The van der Waals surface area contributed by atoms with E-state index in [1.165, 1.54) is 24.3 Å². The molecule has 2 aromatic rings. The summed E-state index contributed by atoms with van der Waals surface area (Å²) >= 11 is 0. The van der Waals surface area contributed by atoms with Crippen LogP contribution in [0.4, 0.5) is 0 Å². The molecule has 0 amide bonds. The first kappa shape index (κ1) is 21.6. The van der Waals surface area contributed by atoms with Gasteiger partial charge in [0.25, 0.3) is 20.2 Å². The predicted octanol–water partition coefficient (Wildman–Crippen LogP) is 4.48. The second-order valence-corrected chi connectivity index (χ2v) is 9.71. The van der Waals surface area contributed by atoms with Crippen LogP contribution in [-0.4, -0.2) is 25.9 Å². The van der Waals surface area contributed by atoms with Crippen molar-refractivity contribution >= 4 is 20.2 Å². The number of hydrogen-bond acceptors (Lipinski definition) is 4. The van der Waals surface area contributed by atoms with Crippen molar-refractivity contribution in [3.05, 3.63) is 47.5 Å². The Hall–Kier alpha value is -1.74. The lowest BCUT2D eigenvalue weighted by atomic mass is 9.94. The van der Waals surface area contributed by atoms with Gasteiger partial charge < -0.3 is 0 Å². The van der Waals surface area contributed by atoms with E-state index in [0.717, 1.165) is 6.42 Å². The highest BCUT2D eigenvalue weighted by molar-refractivity contribution is 7.86. The van der Waals surface area contributed by atoms with Crippen LogP contribution in [0.1, 0.15) is 57.1 Å². The van der Waals surface area contributed by atoms with Gasteiger partial charge in [-0.1, -0.05) is 52.0 Å². The smallest absolute Gasteiger partial charge is 0.282 e. The average molecular weight is 413 g/mol. The molecular formula is C19H24O6S2. The molecule has 0 aliphatic rings. The van der Waals surface area contributed by atoms with E-state index in [1.54, 1.807) is 12.1 Å². The zero-order valence-corrected chi connectivity index (χ0v) is 17.3. The molecule has 0 radical (unpaired) electrons. The first-order valence-corrected chi connectivity index (χ1v) is 11.5. The van der Waals surface area contributed by atoms with Gasteiger partial charge in [0.1, 0.15) is 9.79 Å². The van der Waals surface area contributed by atoms with Gasteiger partial charge in [-0.25, -0.2) is 0 Å². The molecule has 2 aromatic carbocycles. The van der Waals surface area contributed by atoms with Gasteiger partial charge in [0.15, 0.2) is 0 Å². The molecule has 0 aromatic heterocycles. The molecule has 2 N–H and O–H groups in total. The molecule has 0 saturated carbocycles. The molecule has 0 aliphatic heterocycles. The van der Waals surface area contributed by atoms with Crippen LogP contribution in [0.5, 0.6) is 0 Å². The lowest BCUT2D eigenvalue weighted by Crippen LogP contribution is -2.07. The van der Waals surface area contributed by atoms with Crippen molar-refractivity contribution in [3.63, 3.8) is 0 Å². The van der Waals surface area contributed by atoms with E-state index < -0.39 is 25.1 Å². The van der Waals surface area contributed by atoms with Gasteiger partial charge in [0.05, 0.1) is 0 Å². The molecule has 0 spiro atoms. The predicted molar refractivity (Wildman–Crippen MR) is 104 cm³/mol. The summed E-state index contributed by atoms with van der Waals surface area (Å²) in [6.45, 7) is 7.61. The SMILES string of the molecule is CCC(C)c1ccc(-c2ccc(C(C)C)cc2S(=O)(=O)O)c(S(=O)(=O)O)c1. The molecule has 1 unspecified atom stereocenters. The van der Waals surface area contributed by atoms with Crippen molar-refractivity contribution < 1.29 is 25.9 Å². The molecule has 0 saturated heterocycles. The molecule has 0 heterocycles. The fraction of sp³-hybridized carbons (Fsp3) is 0.368. The third kappa shape index (κ3) is 4.76. The molecule has 1 atom stereocenters. The van der Waals surface area contributed by atoms with Crippen molar-refractivity contribution in [1.82, 2.24) is 0 Å². The quantitative estimate of drug-likeness (QED) is 0.677. The van der Waals surface area contributed by atoms with E-state index >= 15 is 0 Å². The maximum atomic E-state index is 12.0. The van der Waals surface area contributed by atoms with Crippen LogP contribution < -0.4 is 0 Å². The lowest BCUT2D eigenvalue weighted by molar-refractivity contribution is 0.479. The summed E-state index contributed by atoms with van der Waals surface area (Å²) in [5.41, 5.74) is 1.43. The Morgan fingerprint density at radius 3 is 1.56 bits per heavy atom. The Bertz CT molecular complexity index is 1050. The fourth-order valence-electron chi connectivity index (χ4n) is 2.85. The van der Waals surface area contributed by atoms with E-state index in [1.807, 2.05) is 27.7 Å². The Balaban J connectivity index is 2.86. The van der Waals surface area contributed by atoms with Crippen LogP contribution in [0.3, 0.4) is 0 Å². The van der Waals surface area contributed by atoms with Gasteiger partial charge >= 0.3 is 0 Å². The lowest BCUT2D eigenvalue weighted by Gasteiger charge is -2.16. The zero-order chi connectivity index (χ0) is 20.6. The van der Waals surface area contributed by atoms with E-state index in [9.17, 15) is 25.9 Å². The molecule has 8 heteroatoms. The van der Waals surface area contributed by atoms with Crippen molar-refractivity contribution in [2.75, 3.05) is 0 Å². The molecule has 148 valence electrons. The first-order chi connectivity index (χ1) is 12.4. The Labute approximate surface area is 160 Å². The molecule has 6 nitrogen and oxygen atoms in total. The third-order valence-corrected chi connectivity index (χ3v) is 6.49. The van der Waals surface area contributed by atoms with E-state index in [0.29, 0.717) is 11.1 Å². The number of rotatable bonds is 6. The zero-order valence-electron chi connectivity index (χ0n) is 15.7. The van der Waals surface area contributed by atoms with Crippen molar-refractivity contribution in [3.8, 4) is 11.1 Å². The minimum Gasteiger partial charge on any atom is -0.282 e. The highest BCUT2D eigenvalue weighted by atomic mass is 32.2. The van der Waals surface area contributed by atoms with Gasteiger partial charge in [0, 0.05) is 11.1 Å². The summed E-state index contributed by atoms with van der Waals surface area (Å²) in [6.07, 6.45) is 0.767. The van der Waals surface area contributed by atoms with Crippen molar-refractivity contribution in [2.45, 2.75) is 55.7 Å². The third-order valence-electron chi connectivity index (χ3n) is 4.71.